The maximum Gasteiger partial charge on any atom is 0.251 e. The number of aromatic nitrogens is 1. The van der Waals surface area contributed by atoms with Gasteiger partial charge in [0.2, 0.25) is 0 Å². The second-order valence-corrected chi connectivity index (χ2v) is 5.57. The Labute approximate surface area is 136 Å². The number of ether oxygens (including phenoxy) is 1. The van der Waals surface area contributed by atoms with Crippen molar-refractivity contribution in [1.29, 1.82) is 0 Å². The summed E-state index contributed by atoms with van der Waals surface area (Å²) in [6.45, 7) is 3.02. The lowest BCUT2D eigenvalue weighted by atomic mass is 10.1. The van der Waals surface area contributed by atoms with Gasteiger partial charge in [0.05, 0.1) is 6.61 Å². The minimum Gasteiger partial charge on any atom is -0.493 e. The van der Waals surface area contributed by atoms with Gasteiger partial charge >= 0.3 is 0 Å². The number of nitrogens with one attached hydrogen (secondary N) is 2. The molecule has 1 aliphatic rings. The van der Waals surface area contributed by atoms with Crippen LogP contribution in [-0.2, 0) is 13.0 Å². The van der Waals surface area contributed by atoms with Gasteiger partial charge in [0.1, 0.15) is 5.75 Å². The molecular formula is C18H21N3O2. The number of fused-ring (bicyclic) bond motifs is 1. The predicted octanol–water partition coefficient (Wildman–Crippen LogP) is 1.93. The van der Waals surface area contributed by atoms with Gasteiger partial charge < -0.3 is 15.4 Å². The van der Waals surface area contributed by atoms with Crippen LogP contribution in [0, 0.1) is 0 Å². The minimum atomic E-state index is -0.0213. The Kier molecular flexibility index (Phi) is 5.21. The van der Waals surface area contributed by atoms with Gasteiger partial charge in [-0.05, 0) is 48.4 Å². The number of carbonyl (C=O) groups excluding carboxylic acids is 1. The molecule has 2 N–H and O–H groups in total. The van der Waals surface area contributed by atoms with Crippen LogP contribution in [0.1, 0.15) is 27.9 Å². The van der Waals surface area contributed by atoms with Crippen molar-refractivity contribution in [1.82, 2.24) is 15.6 Å². The lowest BCUT2D eigenvalue weighted by Crippen LogP contribution is -2.27. The Morgan fingerprint density at radius 2 is 2.22 bits per heavy atom. The highest BCUT2D eigenvalue weighted by Gasteiger charge is 2.14. The van der Waals surface area contributed by atoms with Gasteiger partial charge in [-0.25, -0.2) is 0 Å². The number of benzene rings is 1. The van der Waals surface area contributed by atoms with Gasteiger partial charge in [0.25, 0.3) is 5.91 Å². The fourth-order valence-electron chi connectivity index (χ4n) is 2.58. The van der Waals surface area contributed by atoms with Crippen molar-refractivity contribution < 1.29 is 9.53 Å². The van der Waals surface area contributed by atoms with E-state index in [1.807, 2.05) is 36.5 Å². The third-order valence-electron chi connectivity index (χ3n) is 3.82. The van der Waals surface area contributed by atoms with E-state index in [-0.39, 0.29) is 5.91 Å². The van der Waals surface area contributed by atoms with Crippen LogP contribution in [0.5, 0.6) is 5.75 Å². The first-order valence-corrected chi connectivity index (χ1v) is 7.96. The van der Waals surface area contributed by atoms with Crippen molar-refractivity contribution in [2.24, 2.45) is 0 Å². The fraction of sp³-hybridized carbons (Fsp3) is 0.333. The first kappa shape index (κ1) is 15.5. The van der Waals surface area contributed by atoms with Crippen LogP contribution in [0.3, 0.4) is 0 Å². The minimum absolute atomic E-state index is 0.0213. The normalized spacial score (nSPS) is 12.5. The Hall–Kier alpha value is -2.40. The second kappa shape index (κ2) is 7.74. The van der Waals surface area contributed by atoms with E-state index in [0.29, 0.717) is 18.7 Å². The Balaban J connectivity index is 1.35. The number of hydrogen-bond acceptors (Lipinski definition) is 4. The molecule has 2 heterocycles. The van der Waals surface area contributed by atoms with E-state index >= 15 is 0 Å². The van der Waals surface area contributed by atoms with E-state index in [1.165, 1.54) is 0 Å². The number of hydrogen-bond donors (Lipinski definition) is 2. The van der Waals surface area contributed by atoms with Gasteiger partial charge in [0.15, 0.2) is 0 Å². The molecule has 0 saturated heterocycles. The summed E-state index contributed by atoms with van der Waals surface area (Å²) in [6.07, 6.45) is 5.39. The first-order chi connectivity index (χ1) is 11.3. The highest BCUT2D eigenvalue weighted by molar-refractivity contribution is 5.94. The Morgan fingerprint density at radius 1 is 1.26 bits per heavy atom. The van der Waals surface area contributed by atoms with Crippen LogP contribution < -0.4 is 15.4 Å². The molecule has 0 unspecified atom stereocenters. The molecule has 5 heteroatoms. The van der Waals surface area contributed by atoms with Gasteiger partial charge in [-0.15, -0.1) is 0 Å². The average molecular weight is 311 g/mol. The van der Waals surface area contributed by atoms with Crippen LogP contribution in [-0.4, -0.2) is 30.6 Å². The molecule has 1 aromatic carbocycles. The SMILES string of the molecule is O=C(NCCCNCc1cccnc1)c1ccc2c(c1)CCO2. The van der Waals surface area contributed by atoms with E-state index < -0.39 is 0 Å². The highest BCUT2D eigenvalue weighted by Crippen LogP contribution is 2.25. The molecule has 120 valence electrons. The number of pyridine rings is 1. The maximum absolute atomic E-state index is 12.1. The Morgan fingerprint density at radius 3 is 3.09 bits per heavy atom. The summed E-state index contributed by atoms with van der Waals surface area (Å²) in [7, 11) is 0. The van der Waals surface area contributed by atoms with Gasteiger partial charge in [-0.3, -0.25) is 9.78 Å². The summed E-state index contributed by atoms with van der Waals surface area (Å²) >= 11 is 0. The molecular weight excluding hydrogens is 290 g/mol. The van der Waals surface area contributed by atoms with E-state index in [4.69, 9.17) is 4.74 Å². The summed E-state index contributed by atoms with van der Waals surface area (Å²) in [4.78, 5) is 16.2. The van der Waals surface area contributed by atoms with Crippen LogP contribution in [0.15, 0.2) is 42.7 Å². The molecule has 1 aromatic heterocycles. The largest absolute Gasteiger partial charge is 0.493 e. The third kappa shape index (κ3) is 4.29. The quantitative estimate of drug-likeness (QED) is 0.767. The van der Waals surface area contributed by atoms with E-state index in [1.54, 1.807) is 6.20 Å². The average Bonchev–Trinajstić information content (AvgIpc) is 3.06. The lowest BCUT2D eigenvalue weighted by Gasteiger charge is -2.07. The molecule has 0 atom stereocenters. The van der Waals surface area contributed by atoms with E-state index in [9.17, 15) is 4.79 Å². The van der Waals surface area contributed by atoms with Gasteiger partial charge in [0, 0.05) is 37.5 Å². The molecule has 23 heavy (non-hydrogen) atoms. The van der Waals surface area contributed by atoms with Crippen LogP contribution in [0.25, 0.3) is 0 Å². The highest BCUT2D eigenvalue weighted by atomic mass is 16.5. The first-order valence-electron chi connectivity index (χ1n) is 7.96. The molecule has 5 nitrogen and oxygen atoms in total. The van der Waals surface area contributed by atoms with E-state index in [2.05, 4.69) is 15.6 Å². The van der Waals surface area contributed by atoms with Crippen molar-refractivity contribution in [2.75, 3.05) is 19.7 Å². The summed E-state index contributed by atoms with van der Waals surface area (Å²) < 4.78 is 5.45. The number of rotatable bonds is 7. The number of nitrogens with zero attached hydrogens (tertiary/aromatic N) is 1. The van der Waals surface area contributed by atoms with Crippen LogP contribution in [0.4, 0.5) is 0 Å². The monoisotopic (exact) mass is 311 g/mol. The molecule has 0 saturated carbocycles. The van der Waals surface area contributed by atoms with Gasteiger partial charge in [-0.1, -0.05) is 6.07 Å². The zero-order valence-electron chi connectivity index (χ0n) is 13.0. The molecule has 0 fully saturated rings. The molecule has 1 amide bonds. The van der Waals surface area contributed by atoms with Crippen molar-refractivity contribution >= 4 is 5.91 Å². The summed E-state index contributed by atoms with van der Waals surface area (Å²) in [6, 6.07) is 9.60. The smallest absolute Gasteiger partial charge is 0.251 e. The summed E-state index contributed by atoms with van der Waals surface area (Å²) in [5.74, 6) is 0.883. The zero-order chi connectivity index (χ0) is 15.9. The number of amides is 1. The molecule has 2 aromatic rings. The molecule has 0 radical (unpaired) electrons. The second-order valence-electron chi connectivity index (χ2n) is 5.57. The van der Waals surface area contributed by atoms with Crippen LogP contribution in [0.2, 0.25) is 0 Å². The summed E-state index contributed by atoms with van der Waals surface area (Å²) in [5, 5.41) is 6.30. The van der Waals surface area contributed by atoms with Crippen molar-refractivity contribution in [3.8, 4) is 5.75 Å². The summed E-state index contributed by atoms with van der Waals surface area (Å²) in [5.41, 5.74) is 2.99. The molecule has 1 aliphatic heterocycles. The molecule has 0 spiro atoms. The number of carbonyl (C=O) groups is 1. The van der Waals surface area contributed by atoms with Crippen molar-refractivity contribution in [3.05, 3.63) is 59.4 Å². The van der Waals surface area contributed by atoms with E-state index in [0.717, 1.165) is 42.8 Å². The predicted molar refractivity (Wildman–Crippen MR) is 88.5 cm³/mol. The third-order valence-corrected chi connectivity index (χ3v) is 3.82. The Bertz CT molecular complexity index is 659. The standard InChI is InChI=1S/C18H21N3O2/c22-18(16-4-5-17-15(11-16)6-10-23-17)21-9-2-8-20-13-14-3-1-7-19-12-14/h1,3-5,7,11-12,20H,2,6,8-10,13H2,(H,21,22). The van der Waals surface area contributed by atoms with Crippen LogP contribution >= 0.6 is 0 Å². The van der Waals surface area contributed by atoms with Crippen molar-refractivity contribution in [3.63, 3.8) is 0 Å². The fourth-order valence-corrected chi connectivity index (χ4v) is 2.58. The zero-order valence-corrected chi connectivity index (χ0v) is 13.0. The van der Waals surface area contributed by atoms with Crippen molar-refractivity contribution in [2.45, 2.75) is 19.4 Å². The molecule has 0 aliphatic carbocycles. The van der Waals surface area contributed by atoms with Gasteiger partial charge in [-0.2, -0.15) is 0 Å². The maximum atomic E-state index is 12.1. The lowest BCUT2D eigenvalue weighted by molar-refractivity contribution is 0.0953. The topological polar surface area (TPSA) is 63.2 Å². The molecule has 3 rings (SSSR count). The molecule has 0 bridgehead atoms.